The average Bonchev–Trinajstić information content (AvgIpc) is 2.67. The summed E-state index contributed by atoms with van der Waals surface area (Å²) in [7, 11) is 1.87. The molecule has 2 heterocycles. The smallest absolute Gasteiger partial charge is 0.129 e. The van der Waals surface area contributed by atoms with Crippen molar-refractivity contribution >= 4 is 0 Å². The number of nitrogens with zero attached hydrogens (tertiary/aromatic N) is 2. The molecule has 1 aromatic carbocycles. The van der Waals surface area contributed by atoms with Crippen LogP contribution in [0.25, 0.3) is 0 Å². The zero-order chi connectivity index (χ0) is 13.6. The van der Waals surface area contributed by atoms with Crippen molar-refractivity contribution < 1.29 is 9.13 Å². The average molecular weight is 261 g/mol. The third-order valence-electron chi connectivity index (χ3n) is 3.51. The molecule has 100 valence electrons. The van der Waals surface area contributed by atoms with Crippen LogP contribution in [0, 0.1) is 12.7 Å². The predicted molar refractivity (Wildman–Crippen MR) is 69.3 cm³/mol. The van der Waals surface area contributed by atoms with Crippen LogP contribution in [-0.4, -0.2) is 9.78 Å². The number of halogens is 1. The second-order valence-corrected chi connectivity index (χ2v) is 4.97. The number of fused-ring (bicyclic) bond motifs is 1. The van der Waals surface area contributed by atoms with E-state index in [0.29, 0.717) is 12.2 Å². The van der Waals surface area contributed by atoms with Crippen LogP contribution in [0.1, 0.15) is 35.4 Å². The van der Waals surface area contributed by atoms with Crippen LogP contribution in [0.15, 0.2) is 24.4 Å². The van der Waals surface area contributed by atoms with Crippen LogP contribution in [0.2, 0.25) is 0 Å². The Morgan fingerprint density at radius 1 is 1.42 bits per heavy atom. The number of benzene rings is 1. The normalized spacial score (nSPS) is 21.9. The summed E-state index contributed by atoms with van der Waals surface area (Å²) in [6.07, 6.45) is 2.43. The van der Waals surface area contributed by atoms with E-state index in [0.717, 1.165) is 16.8 Å². The van der Waals surface area contributed by atoms with E-state index >= 15 is 0 Å². The first-order valence-electron chi connectivity index (χ1n) is 6.26. The van der Waals surface area contributed by atoms with Crippen LogP contribution in [0.4, 0.5) is 4.39 Å². The third kappa shape index (κ3) is 2.10. The van der Waals surface area contributed by atoms with Crippen molar-refractivity contribution in [1.29, 1.82) is 0 Å². The van der Waals surface area contributed by atoms with Crippen molar-refractivity contribution in [2.45, 2.75) is 25.5 Å². The molecule has 4 nitrogen and oxygen atoms in total. The highest BCUT2D eigenvalue weighted by molar-refractivity contribution is 5.39. The number of aryl methyl sites for hydroxylation is 2. The van der Waals surface area contributed by atoms with Gasteiger partial charge in [-0.05, 0) is 13.0 Å². The third-order valence-corrected chi connectivity index (χ3v) is 3.51. The molecule has 0 saturated heterocycles. The largest absolute Gasteiger partial charge is 0.485 e. The summed E-state index contributed by atoms with van der Waals surface area (Å²) >= 11 is 0. The zero-order valence-electron chi connectivity index (χ0n) is 10.9. The van der Waals surface area contributed by atoms with Crippen molar-refractivity contribution in [3.63, 3.8) is 0 Å². The number of hydrogen-bond acceptors (Lipinski definition) is 3. The number of aromatic nitrogens is 2. The first-order valence-corrected chi connectivity index (χ1v) is 6.26. The molecule has 2 aromatic rings. The second-order valence-electron chi connectivity index (χ2n) is 4.97. The van der Waals surface area contributed by atoms with Crippen molar-refractivity contribution in [3.05, 3.63) is 47.0 Å². The minimum absolute atomic E-state index is 0.144. The van der Waals surface area contributed by atoms with Gasteiger partial charge in [-0.2, -0.15) is 5.10 Å². The summed E-state index contributed by atoms with van der Waals surface area (Å²) in [5.74, 6) is 0.224. The van der Waals surface area contributed by atoms with Crippen LogP contribution in [0.3, 0.4) is 0 Å². The predicted octanol–water partition coefficient (Wildman–Crippen LogP) is 2.39. The van der Waals surface area contributed by atoms with Gasteiger partial charge in [0.15, 0.2) is 0 Å². The standard InChI is InChI=1S/C14H16FN3O/c1-8-11(7-18(2)17-8)14-6-12(16)10-4-3-9(15)5-13(10)19-14/h3-5,7,12,14H,6,16H2,1-2H3/t12-,14?/m0/s1. The first-order chi connectivity index (χ1) is 9.04. The van der Waals surface area contributed by atoms with Gasteiger partial charge in [0, 0.05) is 42.9 Å². The summed E-state index contributed by atoms with van der Waals surface area (Å²) in [4.78, 5) is 0. The topological polar surface area (TPSA) is 53.1 Å². The molecule has 1 unspecified atom stereocenters. The van der Waals surface area contributed by atoms with E-state index < -0.39 is 0 Å². The molecule has 0 spiro atoms. The highest BCUT2D eigenvalue weighted by Crippen LogP contribution is 2.40. The lowest BCUT2D eigenvalue weighted by molar-refractivity contribution is 0.160. The molecule has 5 heteroatoms. The van der Waals surface area contributed by atoms with Gasteiger partial charge in [-0.1, -0.05) is 6.07 Å². The highest BCUT2D eigenvalue weighted by atomic mass is 19.1. The van der Waals surface area contributed by atoms with E-state index in [1.807, 2.05) is 20.2 Å². The Morgan fingerprint density at radius 2 is 2.21 bits per heavy atom. The maximum Gasteiger partial charge on any atom is 0.129 e. The Labute approximate surface area is 111 Å². The van der Waals surface area contributed by atoms with Crippen molar-refractivity contribution in [2.75, 3.05) is 0 Å². The molecular weight excluding hydrogens is 245 g/mol. The number of hydrogen-bond donors (Lipinski definition) is 1. The van der Waals surface area contributed by atoms with Crippen LogP contribution < -0.4 is 10.5 Å². The minimum atomic E-state index is -0.311. The molecule has 0 aliphatic carbocycles. The molecule has 3 rings (SSSR count). The molecule has 0 radical (unpaired) electrons. The van der Waals surface area contributed by atoms with Gasteiger partial charge in [-0.3, -0.25) is 4.68 Å². The molecule has 2 atom stereocenters. The van der Waals surface area contributed by atoms with Gasteiger partial charge in [0.25, 0.3) is 0 Å². The summed E-state index contributed by atoms with van der Waals surface area (Å²) in [5.41, 5.74) is 8.94. The Hall–Kier alpha value is -1.88. The van der Waals surface area contributed by atoms with Gasteiger partial charge >= 0.3 is 0 Å². The molecule has 0 amide bonds. The second kappa shape index (κ2) is 4.35. The van der Waals surface area contributed by atoms with E-state index in [-0.39, 0.29) is 18.0 Å². The Bertz CT molecular complexity index is 623. The van der Waals surface area contributed by atoms with Gasteiger partial charge in [-0.25, -0.2) is 4.39 Å². The monoisotopic (exact) mass is 261 g/mol. The Morgan fingerprint density at radius 3 is 2.89 bits per heavy atom. The van der Waals surface area contributed by atoms with E-state index in [9.17, 15) is 4.39 Å². The quantitative estimate of drug-likeness (QED) is 0.857. The maximum absolute atomic E-state index is 13.3. The Balaban J connectivity index is 1.98. The molecule has 0 fully saturated rings. The molecule has 1 aromatic heterocycles. The van der Waals surface area contributed by atoms with E-state index in [1.54, 1.807) is 10.7 Å². The van der Waals surface area contributed by atoms with Crippen molar-refractivity contribution in [1.82, 2.24) is 9.78 Å². The number of nitrogens with two attached hydrogens (primary N) is 1. The van der Waals surface area contributed by atoms with E-state index in [4.69, 9.17) is 10.5 Å². The summed E-state index contributed by atoms with van der Waals surface area (Å²) < 4.78 is 20.9. The fraction of sp³-hybridized carbons (Fsp3) is 0.357. The fourth-order valence-electron chi connectivity index (χ4n) is 2.60. The molecular formula is C14H16FN3O. The molecule has 19 heavy (non-hydrogen) atoms. The Kier molecular flexibility index (Phi) is 2.78. The van der Waals surface area contributed by atoms with Gasteiger partial charge in [-0.15, -0.1) is 0 Å². The van der Waals surface area contributed by atoms with Gasteiger partial charge in [0.05, 0.1) is 5.69 Å². The molecule has 0 bridgehead atoms. The van der Waals surface area contributed by atoms with E-state index in [1.165, 1.54) is 12.1 Å². The zero-order valence-corrected chi connectivity index (χ0v) is 10.9. The molecule has 2 N–H and O–H groups in total. The van der Waals surface area contributed by atoms with Crippen molar-refractivity contribution in [2.24, 2.45) is 12.8 Å². The van der Waals surface area contributed by atoms with Gasteiger partial charge < -0.3 is 10.5 Å². The summed E-state index contributed by atoms with van der Waals surface area (Å²) in [6.45, 7) is 1.94. The van der Waals surface area contributed by atoms with Gasteiger partial charge in [0.1, 0.15) is 17.7 Å². The molecule has 0 saturated carbocycles. The molecule has 1 aliphatic heterocycles. The lowest BCUT2D eigenvalue weighted by atomic mass is 9.94. The maximum atomic E-state index is 13.3. The van der Waals surface area contributed by atoms with Gasteiger partial charge in [0.2, 0.25) is 0 Å². The summed E-state index contributed by atoms with van der Waals surface area (Å²) in [6, 6.07) is 4.36. The van der Waals surface area contributed by atoms with E-state index in [2.05, 4.69) is 5.10 Å². The minimum Gasteiger partial charge on any atom is -0.485 e. The fourth-order valence-corrected chi connectivity index (χ4v) is 2.60. The number of rotatable bonds is 1. The lowest BCUT2D eigenvalue weighted by Crippen LogP contribution is -2.24. The first kappa shape index (κ1) is 12.2. The van der Waals surface area contributed by atoms with Crippen LogP contribution in [-0.2, 0) is 7.05 Å². The lowest BCUT2D eigenvalue weighted by Gasteiger charge is -2.30. The molecule has 1 aliphatic rings. The highest BCUT2D eigenvalue weighted by Gasteiger charge is 2.29. The SMILES string of the molecule is Cc1nn(C)cc1C1C[C@H](N)c2ccc(F)cc2O1. The summed E-state index contributed by atoms with van der Waals surface area (Å²) in [5, 5.41) is 4.31. The van der Waals surface area contributed by atoms with Crippen molar-refractivity contribution in [3.8, 4) is 5.75 Å². The van der Waals surface area contributed by atoms with Crippen LogP contribution >= 0.6 is 0 Å². The van der Waals surface area contributed by atoms with Crippen LogP contribution in [0.5, 0.6) is 5.75 Å². The number of ether oxygens (including phenoxy) is 1.